The molecule has 0 saturated heterocycles. The van der Waals surface area contributed by atoms with E-state index in [1.165, 1.54) is 0 Å². The summed E-state index contributed by atoms with van der Waals surface area (Å²) in [5.74, 6) is 0.445. The fourth-order valence-electron chi connectivity index (χ4n) is 2.17. The molecule has 0 atom stereocenters. The summed E-state index contributed by atoms with van der Waals surface area (Å²) in [6.07, 6.45) is 3.73. The van der Waals surface area contributed by atoms with Gasteiger partial charge in [0, 0.05) is 35.9 Å². The van der Waals surface area contributed by atoms with Crippen molar-refractivity contribution < 1.29 is 5.11 Å². The Bertz CT molecular complexity index is 703. The molecule has 0 saturated carbocycles. The van der Waals surface area contributed by atoms with Crippen LogP contribution in [0, 0.1) is 0 Å². The SMILES string of the molecule is Cn1cc(-c2ccnc(CO)n2)c2ccccc21. The van der Waals surface area contributed by atoms with Crippen molar-refractivity contribution in [1.82, 2.24) is 14.5 Å². The molecule has 90 valence electrons. The predicted octanol–water partition coefficient (Wildman–Crippen LogP) is 2.13. The zero-order valence-electron chi connectivity index (χ0n) is 10.0. The van der Waals surface area contributed by atoms with Gasteiger partial charge in [-0.1, -0.05) is 18.2 Å². The third-order valence-corrected chi connectivity index (χ3v) is 3.02. The third-order valence-electron chi connectivity index (χ3n) is 3.02. The topological polar surface area (TPSA) is 50.9 Å². The number of fused-ring (bicyclic) bond motifs is 1. The molecule has 3 rings (SSSR count). The molecule has 1 N–H and O–H groups in total. The fourth-order valence-corrected chi connectivity index (χ4v) is 2.17. The lowest BCUT2D eigenvalue weighted by atomic mass is 10.1. The van der Waals surface area contributed by atoms with Gasteiger partial charge in [-0.2, -0.15) is 0 Å². The lowest BCUT2D eigenvalue weighted by molar-refractivity contribution is 0.271. The molecule has 0 radical (unpaired) electrons. The van der Waals surface area contributed by atoms with E-state index in [9.17, 15) is 0 Å². The number of aliphatic hydroxyl groups excluding tert-OH is 1. The van der Waals surface area contributed by atoms with Gasteiger partial charge in [-0.25, -0.2) is 9.97 Å². The van der Waals surface area contributed by atoms with Crippen LogP contribution in [0.3, 0.4) is 0 Å². The van der Waals surface area contributed by atoms with Gasteiger partial charge in [-0.3, -0.25) is 0 Å². The van der Waals surface area contributed by atoms with E-state index in [1.807, 2.05) is 31.4 Å². The Hall–Kier alpha value is -2.20. The number of hydrogen-bond donors (Lipinski definition) is 1. The van der Waals surface area contributed by atoms with Crippen LogP contribution in [0.2, 0.25) is 0 Å². The second kappa shape index (κ2) is 4.23. The average molecular weight is 239 g/mol. The number of benzene rings is 1. The smallest absolute Gasteiger partial charge is 0.154 e. The highest BCUT2D eigenvalue weighted by molar-refractivity contribution is 5.95. The molecule has 3 aromatic rings. The molecule has 2 aromatic heterocycles. The first-order valence-corrected chi connectivity index (χ1v) is 5.77. The number of nitrogens with zero attached hydrogens (tertiary/aromatic N) is 3. The van der Waals surface area contributed by atoms with Gasteiger partial charge in [0.1, 0.15) is 6.61 Å². The quantitative estimate of drug-likeness (QED) is 0.745. The van der Waals surface area contributed by atoms with Gasteiger partial charge in [0.05, 0.1) is 5.69 Å². The van der Waals surface area contributed by atoms with Gasteiger partial charge in [0.2, 0.25) is 0 Å². The van der Waals surface area contributed by atoms with Crippen molar-refractivity contribution in [2.24, 2.45) is 7.05 Å². The molecule has 0 spiro atoms. The Morgan fingerprint density at radius 3 is 2.89 bits per heavy atom. The van der Waals surface area contributed by atoms with E-state index >= 15 is 0 Å². The molecule has 0 fully saturated rings. The van der Waals surface area contributed by atoms with Crippen LogP contribution >= 0.6 is 0 Å². The number of aryl methyl sites for hydroxylation is 1. The Morgan fingerprint density at radius 1 is 1.22 bits per heavy atom. The Morgan fingerprint density at radius 2 is 2.06 bits per heavy atom. The van der Waals surface area contributed by atoms with Crippen molar-refractivity contribution in [3.05, 3.63) is 48.5 Å². The molecule has 0 aliphatic rings. The fraction of sp³-hybridized carbons (Fsp3) is 0.143. The van der Waals surface area contributed by atoms with Gasteiger partial charge in [-0.15, -0.1) is 0 Å². The van der Waals surface area contributed by atoms with E-state index < -0.39 is 0 Å². The first kappa shape index (κ1) is 10.9. The predicted molar refractivity (Wildman–Crippen MR) is 69.9 cm³/mol. The number of aliphatic hydroxyl groups is 1. The Kier molecular flexibility index (Phi) is 2.57. The average Bonchev–Trinajstić information content (AvgIpc) is 2.77. The molecule has 0 unspecified atom stereocenters. The molecule has 4 heteroatoms. The highest BCUT2D eigenvalue weighted by Gasteiger charge is 2.09. The lowest BCUT2D eigenvalue weighted by Gasteiger charge is -2.00. The maximum Gasteiger partial charge on any atom is 0.154 e. The van der Waals surface area contributed by atoms with Crippen molar-refractivity contribution in [2.45, 2.75) is 6.61 Å². The highest BCUT2D eigenvalue weighted by atomic mass is 16.3. The summed E-state index contributed by atoms with van der Waals surface area (Å²) in [6.45, 7) is -0.140. The van der Waals surface area contributed by atoms with E-state index in [1.54, 1.807) is 6.20 Å². The van der Waals surface area contributed by atoms with Gasteiger partial charge in [-0.05, 0) is 12.1 Å². The maximum absolute atomic E-state index is 9.10. The van der Waals surface area contributed by atoms with Crippen LogP contribution in [0.1, 0.15) is 5.82 Å². The largest absolute Gasteiger partial charge is 0.388 e. The first-order valence-electron chi connectivity index (χ1n) is 5.77. The lowest BCUT2D eigenvalue weighted by Crippen LogP contribution is -1.94. The van der Waals surface area contributed by atoms with Crippen LogP contribution in [-0.2, 0) is 13.7 Å². The van der Waals surface area contributed by atoms with Crippen molar-refractivity contribution in [3.8, 4) is 11.3 Å². The molecule has 2 heterocycles. The summed E-state index contributed by atoms with van der Waals surface area (Å²) in [7, 11) is 2.01. The third kappa shape index (κ3) is 1.67. The maximum atomic E-state index is 9.10. The van der Waals surface area contributed by atoms with E-state index in [4.69, 9.17) is 5.11 Å². The van der Waals surface area contributed by atoms with Crippen molar-refractivity contribution >= 4 is 10.9 Å². The van der Waals surface area contributed by atoms with E-state index in [0.29, 0.717) is 5.82 Å². The molecule has 0 aliphatic heterocycles. The zero-order chi connectivity index (χ0) is 12.5. The minimum atomic E-state index is -0.140. The van der Waals surface area contributed by atoms with Crippen molar-refractivity contribution in [1.29, 1.82) is 0 Å². The number of rotatable bonds is 2. The monoisotopic (exact) mass is 239 g/mol. The minimum Gasteiger partial charge on any atom is -0.388 e. The van der Waals surface area contributed by atoms with Crippen LogP contribution < -0.4 is 0 Å². The molecule has 0 bridgehead atoms. The second-order valence-electron chi connectivity index (χ2n) is 4.19. The first-order chi connectivity index (χ1) is 8.79. The normalized spacial score (nSPS) is 11.0. The van der Waals surface area contributed by atoms with Crippen LogP contribution in [0.15, 0.2) is 42.7 Å². The summed E-state index contributed by atoms with van der Waals surface area (Å²) in [5, 5.41) is 10.3. The molecule has 18 heavy (non-hydrogen) atoms. The molecule has 0 aliphatic carbocycles. The minimum absolute atomic E-state index is 0.140. The molecule has 4 nitrogen and oxygen atoms in total. The summed E-state index contributed by atoms with van der Waals surface area (Å²) >= 11 is 0. The Labute approximate surface area is 105 Å². The van der Waals surface area contributed by atoms with Gasteiger partial charge >= 0.3 is 0 Å². The van der Waals surface area contributed by atoms with Gasteiger partial charge in [0.25, 0.3) is 0 Å². The second-order valence-corrected chi connectivity index (χ2v) is 4.19. The van der Waals surface area contributed by atoms with E-state index in [2.05, 4.69) is 26.7 Å². The van der Waals surface area contributed by atoms with Gasteiger partial charge in [0.15, 0.2) is 5.82 Å². The highest BCUT2D eigenvalue weighted by Crippen LogP contribution is 2.28. The number of para-hydroxylation sites is 1. The molecular weight excluding hydrogens is 226 g/mol. The zero-order valence-corrected chi connectivity index (χ0v) is 10.0. The number of hydrogen-bond acceptors (Lipinski definition) is 3. The number of aromatic nitrogens is 3. The van der Waals surface area contributed by atoms with Crippen LogP contribution in [0.4, 0.5) is 0 Å². The van der Waals surface area contributed by atoms with Crippen LogP contribution in [0.5, 0.6) is 0 Å². The van der Waals surface area contributed by atoms with Crippen LogP contribution in [-0.4, -0.2) is 19.6 Å². The summed E-state index contributed by atoms with van der Waals surface area (Å²) < 4.78 is 2.07. The van der Waals surface area contributed by atoms with Crippen molar-refractivity contribution in [2.75, 3.05) is 0 Å². The summed E-state index contributed by atoms with van der Waals surface area (Å²) in [5.41, 5.74) is 3.06. The molecular formula is C14H13N3O. The standard InChI is InChI=1S/C14H13N3O/c1-17-8-11(10-4-2-3-5-13(10)17)12-6-7-15-14(9-18)16-12/h2-8,18H,9H2,1H3. The van der Waals surface area contributed by atoms with Gasteiger partial charge < -0.3 is 9.67 Å². The summed E-state index contributed by atoms with van der Waals surface area (Å²) in [4.78, 5) is 8.35. The van der Waals surface area contributed by atoms with Crippen molar-refractivity contribution in [3.63, 3.8) is 0 Å². The van der Waals surface area contributed by atoms with E-state index in [0.717, 1.165) is 22.2 Å². The van der Waals surface area contributed by atoms with Crippen LogP contribution in [0.25, 0.3) is 22.2 Å². The Balaban J connectivity index is 2.25. The van der Waals surface area contributed by atoms with E-state index in [-0.39, 0.29) is 6.61 Å². The molecule has 1 aromatic carbocycles. The summed E-state index contributed by atoms with van der Waals surface area (Å²) in [6, 6.07) is 10.0. The molecule has 0 amide bonds.